The molecular formula is C39H37ClF4N16O8S2. The highest BCUT2D eigenvalue weighted by Gasteiger charge is 2.18. The van der Waals surface area contributed by atoms with Gasteiger partial charge >= 0.3 is 11.4 Å². The summed E-state index contributed by atoms with van der Waals surface area (Å²) in [5.74, 6) is -2.43. The molecule has 0 fully saturated rings. The second-order valence-electron chi connectivity index (χ2n) is 13.4. The quantitative estimate of drug-likeness (QED) is 0.0390. The number of aromatic hydroxyl groups is 1. The van der Waals surface area contributed by atoms with Crippen molar-refractivity contribution in [3.63, 3.8) is 0 Å². The van der Waals surface area contributed by atoms with Crippen LogP contribution in [0, 0.1) is 23.3 Å². The number of hydrogen-bond donors (Lipinski definition) is 11. The predicted molar refractivity (Wildman–Crippen MR) is 246 cm³/mol. The molecule has 0 unspecified atom stereocenters. The van der Waals surface area contributed by atoms with E-state index in [0.29, 0.717) is 28.8 Å². The van der Waals surface area contributed by atoms with E-state index < -0.39 is 58.8 Å². The third kappa shape index (κ3) is 15.0. The first-order valence-corrected chi connectivity index (χ1v) is 22.5. The van der Waals surface area contributed by atoms with Crippen LogP contribution in [0.4, 0.5) is 63.8 Å². The average Bonchev–Trinajstić information content (AvgIpc) is 3.94. The van der Waals surface area contributed by atoms with Gasteiger partial charge in [0, 0.05) is 22.7 Å². The summed E-state index contributed by atoms with van der Waals surface area (Å²) < 4.78 is 107. The lowest BCUT2D eigenvalue weighted by atomic mass is 10.3. The number of sulfonamides is 2. The Hall–Kier alpha value is -8.45. The minimum Gasteiger partial charge on any atom is -0.508 e. The number of halogens is 5. The van der Waals surface area contributed by atoms with E-state index >= 15 is 0 Å². The van der Waals surface area contributed by atoms with Gasteiger partial charge in [0.05, 0.1) is 18.3 Å². The molecule has 4 aromatic heterocycles. The molecule has 0 aliphatic heterocycles. The number of primary sulfonamides is 2. The zero-order valence-electron chi connectivity index (χ0n) is 34.5. The van der Waals surface area contributed by atoms with Crippen molar-refractivity contribution in [2.24, 2.45) is 10.3 Å². The SMILES string of the molecule is C.NS(=O)(=O)c1cc(Nc2ncc(F)c(Nc3ccc(O)cc3)n2)ccc1F.NS(=O)(=O)c1cc(Nc2ncc(F)c(Nc3ccc(OCc4n[nH]c(=O)[nH]4)cc3)n2)ccc1F.O=c1[nH]nc(CCl)[nH]1. The van der Waals surface area contributed by atoms with E-state index in [1.807, 2.05) is 0 Å². The lowest BCUT2D eigenvalue weighted by Gasteiger charge is -2.11. The molecule has 8 rings (SSSR count). The largest absolute Gasteiger partial charge is 0.508 e. The second kappa shape index (κ2) is 23.0. The van der Waals surface area contributed by atoms with Gasteiger partial charge in [0.25, 0.3) is 0 Å². The Morgan fingerprint density at radius 1 is 0.600 bits per heavy atom. The third-order valence-electron chi connectivity index (χ3n) is 8.33. The Morgan fingerprint density at radius 3 is 1.40 bits per heavy atom. The minimum absolute atomic E-state index is 0. The number of anilines is 8. The fraction of sp³-hybridized carbons (Fsp3) is 0.0769. The summed E-state index contributed by atoms with van der Waals surface area (Å²) in [6.45, 7) is 0.0393. The fourth-order valence-corrected chi connectivity index (χ4v) is 6.62. The molecular weight excluding hydrogens is 996 g/mol. The van der Waals surface area contributed by atoms with E-state index in [0.717, 1.165) is 36.7 Å². The Morgan fingerprint density at radius 2 is 1.01 bits per heavy atom. The molecule has 0 saturated carbocycles. The first-order chi connectivity index (χ1) is 32.7. The highest BCUT2D eigenvalue weighted by Crippen LogP contribution is 2.26. The maximum Gasteiger partial charge on any atom is 0.340 e. The number of nitrogens with zero attached hydrogens (tertiary/aromatic N) is 6. The van der Waals surface area contributed by atoms with Crippen molar-refractivity contribution in [3.8, 4) is 11.5 Å². The van der Waals surface area contributed by atoms with Crippen LogP contribution < -0.4 is 47.7 Å². The van der Waals surface area contributed by atoms with Crippen LogP contribution in [-0.4, -0.2) is 72.2 Å². The van der Waals surface area contributed by atoms with Crippen LogP contribution in [0.5, 0.6) is 11.5 Å². The second-order valence-corrected chi connectivity index (χ2v) is 16.7. The van der Waals surface area contributed by atoms with Crippen molar-refractivity contribution in [1.82, 2.24) is 50.3 Å². The van der Waals surface area contributed by atoms with E-state index in [1.165, 1.54) is 36.4 Å². The number of aromatic nitrogens is 10. The van der Waals surface area contributed by atoms with E-state index in [9.17, 15) is 49.1 Å². The molecule has 13 N–H and O–H groups in total. The number of benzene rings is 4. The number of ether oxygens (including phenoxy) is 1. The molecule has 0 spiro atoms. The van der Waals surface area contributed by atoms with Crippen LogP contribution >= 0.6 is 11.6 Å². The molecule has 4 heterocycles. The number of phenols is 1. The molecule has 368 valence electrons. The topological polar surface area (TPSA) is 373 Å². The molecule has 0 radical (unpaired) electrons. The number of rotatable bonds is 14. The smallest absolute Gasteiger partial charge is 0.340 e. The number of hydrogen-bond acceptors (Lipinski definition) is 18. The van der Waals surface area contributed by atoms with E-state index in [4.69, 9.17) is 26.6 Å². The molecule has 70 heavy (non-hydrogen) atoms. The zero-order chi connectivity index (χ0) is 49.9. The lowest BCUT2D eigenvalue weighted by molar-refractivity contribution is 0.296. The molecule has 0 aliphatic rings. The maximum atomic E-state index is 14.2. The third-order valence-corrected chi connectivity index (χ3v) is 10.4. The maximum absolute atomic E-state index is 14.2. The first-order valence-electron chi connectivity index (χ1n) is 18.8. The highest BCUT2D eigenvalue weighted by molar-refractivity contribution is 7.89. The number of H-pyrrole nitrogens is 4. The van der Waals surface area contributed by atoms with Gasteiger partial charge in [-0.1, -0.05) is 7.43 Å². The van der Waals surface area contributed by atoms with Gasteiger partial charge < -0.3 is 31.1 Å². The predicted octanol–water partition coefficient (Wildman–Crippen LogP) is 4.95. The van der Waals surface area contributed by atoms with Crippen molar-refractivity contribution in [1.29, 1.82) is 0 Å². The van der Waals surface area contributed by atoms with Crippen molar-refractivity contribution in [2.45, 2.75) is 29.7 Å². The molecule has 31 heteroatoms. The summed E-state index contributed by atoms with van der Waals surface area (Å²) >= 11 is 5.29. The molecule has 8 aromatic rings. The summed E-state index contributed by atoms with van der Waals surface area (Å²) in [5, 5.41) is 41.7. The van der Waals surface area contributed by atoms with Crippen molar-refractivity contribution >= 4 is 77.9 Å². The van der Waals surface area contributed by atoms with Gasteiger partial charge in [-0.05, 0) is 84.9 Å². The molecule has 24 nitrogen and oxygen atoms in total. The molecule has 0 aliphatic carbocycles. The Balaban J connectivity index is 0.000000226. The Bertz CT molecular complexity index is 3420. The van der Waals surface area contributed by atoms with Gasteiger partial charge in [-0.3, -0.25) is 9.97 Å². The Kier molecular flexibility index (Phi) is 17.3. The Labute approximate surface area is 397 Å². The standard InChI is InChI=1S/C19H16F2N8O4S.C16H13F2N5O3S.C3H4ClN3O.CH4/c20-13-6-3-11(7-15(13)34(22,31)32)25-18-23-8-14(21)17(27-18)24-10-1-4-12(5-2-10)33-9-16-26-19(30)29-28-16;17-12-6-3-10(7-14(12)27(19,25)26)22-16-20-8-13(18)15(23-16)21-9-1-4-11(24)5-2-9;4-1-2-5-3(8)7-6-2;/h1-8H,9H2,(H2,22,31,32)(H2,23,24,25,27)(H2,26,28,29,30);1-8,24H,(H2,19,25,26)(H2,20,21,22,23);1H2,(H2,5,6,7,8);1H4. The molecule has 0 atom stereocenters. The average molecular weight is 1030 g/mol. The van der Waals surface area contributed by atoms with E-state index in [1.54, 1.807) is 24.3 Å². The van der Waals surface area contributed by atoms with Gasteiger partial charge in [0.2, 0.25) is 31.9 Å². The summed E-state index contributed by atoms with van der Waals surface area (Å²) in [6, 6.07) is 18.6. The lowest BCUT2D eigenvalue weighted by Crippen LogP contribution is -2.14. The molecule has 4 aromatic carbocycles. The van der Waals surface area contributed by atoms with Crippen LogP contribution in [0.25, 0.3) is 0 Å². The van der Waals surface area contributed by atoms with E-state index in [-0.39, 0.29) is 66.3 Å². The highest BCUT2D eigenvalue weighted by atomic mass is 35.5. The summed E-state index contributed by atoms with van der Waals surface area (Å²) in [4.78, 5) is 40.2. The zero-order valence-corrected chi connectivity index (χ0v) is 36.9. The normalized spacial score (nSPS) is 10.9. The van der Waals surface area contributed by atoms with Crippen LogP contribution in [0.3, 0.4) is 0 Å². The summed E-state index contributed by atoms with van der Waals surface area (Å²) in [6.07, 6.45) is 1.81. The summed E-state index contributed by atoms with van der Waals surface area (Å²) in [5.41, 5.74) is 0.450. The van der Waals surface area contributed by atoms with Crippen molar-refractivity contribution < 1.29 is 44.2 Å². The molecule has 0 bridgehead atoms. The van der Waals surface area contributed by atoms with Crippen molar-refractivity contribution in [3.05, 3.63) is 153 Å². The number of alkyl halides is 1. The fourth-order valence-electron chi connectivity index (χ4n) is 5.23. The van der Waals surface area contributed by atoms with Gasteiger partial charge in [-0.2, -0.15) is 20.2 Å². The number of nitrogens with one attached hydrogen (secondary N) is 8. The van der Waals surface area contributed by atoms with Gasteiger partial charge in [0.15, 0.2) is 29.1 Å². The van der Waals surface area contributed by atoms with Crippen LogP contribution in [0.1, 0.15) is 19.1 Å². The van der Waals surface area contributed by atoms with Gasteiger partial charge in [-0.25, -0.2) is 74.4 Å². The molecule has 0 saturated heterocycles. The van der Waals surface area contributed by atoms with Crippen LogP contribution in [0.15, 0.2) is 117 Å². The minimum atomic E-state index is -4.29. The number of nitrogens with two attached hydrogens (primary N) is 2. The number of aromatic amines is 4. The van der Waals surface area contributed by atoms with Crippen molar-refractivity contribution in [2.75, 3.05) is 21.3 Å². The van der Waals surface area contributed by atoms with Crippen LogP contribution in [-0.2, 0) is 32.5 Å². The van der Waals surface area contributed by atoms with Crippen LogP contribution in [0.2, 0.25) is 0 Å². The van der Waals surface area contributed by atoms with Gasteiger partial charge in [0.1, 0.15) is 45.4 Å². The number of phenolic OH excluding ortho intramolecular Hbond substituents is 1. The molecule has 0 amide bonds. The monoisotopic (exact) mass is 1030 g/mol. The summed E-state index contributed by atoms with van der Waals surface area (Å²) in [7, 11) is -8.54. The van der Waals surface area contributed by atoms with Gasteiger partial charge in [-0.15, -0.1) is 11.6 Å². The van der Waals surface area contributed by atoms with E-state index in [2.05, 4.69) is 71.6 Å². The first kappa shape index (κ1) is 52.5.